The summed E-state index contributed by atoms with van der Waals surface area (Å²) < 4.78 is 11.4. The number of carbonyl (C=O) groups excluding carboxylic acids is 1. The minimum atomic E-state index is 0.186. The van der Waals surface area contributed by atoms with Crippen LogP contribution in [0.25, 0.3) is 0 Å². The lowest BCUT2D eigenvalue weighted by Crippen LogP contribution is -2.62. The number of hydrogen-bond donors (Lipinski definition) is 0. The van der Waals surface area contributed by atoms with Crippen molar-refractivity contribution in [2.45, 2.75) is 70.4 Å². The predicted molar refractivity (Wildman–Crippen MR) is 118 cm³/mol. The molecule has 30 heavy (non-hydrogen) atoms. The molecular formula is C25H36N2O3. The molecule has 4 rings (SSSR count). The van der Waals surface area contributed by atoms with Gasteiger partial charge in [-0.05, 0) is 62.3 Å². The third-order valence-corrected chi connectivity index (χ3v) is 7.07. The fourth-order valence-corrected chi connectivity index (χ4v) is 5.55. The zero-order valence-corrected chi connectivity index (χ0v) is 18.5. The minimum Gasteiger partial charge on any atom is -0.497 e. The van der Waals surface area contributed by atoms with Crippen LogP contribution in [-0.4, -0.2) is 54.6 Å². The molecule has 0 radical (unpaired) electrons. The van der Waals surface area contributed by atoms with Crippen LogP contribution in [0.4, 0.5) is 0 Å². The number of benzene rings is 1. The van der Waals surface area contributed by atoms with Gasteiger partial charge in [0.15, 0.2) is 5.88 Å². The second kappa shape index (κ2) is 9.76. The molecule has 0 bridgehead atoms. The van der Waals surface area contributed by atoms with Gasteiger partial charge in [0.05, 0.1) is 26.2 Å². The Morgan fingerprint density at radius 3 is 2.73 bits per heavy atom. The number of piperazine rings is 1. The van der Waals surface area contributed by atoms with Gasteiger partial charge in [-0.25, -0.2) is 0 Å². The summed E-state index contributed by atoms with van der Waals surface area (Å²) in [6.07, 6.45) is 11.4. The maximum atomic E-state index is 13.3. The van der Waals surface area contributed by atoms with Crippen LogP contribution in [0.2, 0.25) is 0 Å². The van der Waals surface area contributed by atoms with Crippen molar-refractivity contribution in [1.29, 1.82) is 0 Å². The number of rotatable bonds is 5. The van der Waals surface area contributed by atoms with E-state index in [0.717, 1.165) is 49.7 Å². The second-order valence-electron chi connectivity index (χ2n) is 8.97. The van der Waals surface area contributed by atoms with Gasteiger partial charge in [-0.15, -0.1) is 0 Å². The Labute approximate surface area is 181 Å². The molecule has 1 saturated carbocycles. The molecule has 1 aromatic carbocycles. The van der Waals surface area contributed by atoms with Crippen molar-refractivity contribution in [1.82, 2.24) is 9.80 Å². The van der Waals surface area contributed by atoms with Crippen LogP contribution in [0, 0.1) is 5.92 Å². The fourth-order valence-electron chi connectivity index (χ4n) is 5.55. The standard InChI is InChI=1S/C25H36N2O3/c1-19-25(21-10-4-3-5-11-21)27(24-13-6-7-16-30-24)15-14-26(19)23(28)18-20-9-8-12-22(17-20)29-2/h8-9,12-13,17,19,21,25H,3-7,10-11,14-16,18H2,1-2H3/t19-,25+/m1/s1. The quantitative estimate of drug-likeness (QED) is 0.720. The van der Waals surface area contributed by atoms with E-state index in [4.69, 9.17) is 9.47 Å². The first kappa shape index (κ1) is 21.1. The van der Waals surface area contributed by atoms with E-state index in [1.54, 1.807) is 7.11 Å². The van der Waals surface area contributed by atoms with Crippen LogP contribution in [0.5, 0.6) is 5.75 Å². The molecule has 164 valence electrons. The van der Waals surface area contributed by atoms with Crippen molar-refractivity contribution in [2.24, 2.45) is 5.92 Å². The van der Waals surface area contributed by atoms with E-state index in [-0.39, 0.29) is 11.9 Å². The van der Waals surface area contributed by atoms with Crippen LogP contribution < -0.4 is 4.74 Å². The van der Waals surface area contributed by atoms with E-state index in [1.165, 1.54) is 32.1 Å². The summed E-state index contributed by atoms with van der Waals surface area (Å²) in [7, 11) is 1.67. The SMILES string of the molecule is COc1cccc(CC(=O)N2CCN(C3=CCCCO3)[C@H](C3CCCCC3)[C@H]2C)c1. The smallest absolute Gasteiger partial charge is 0.227 e. The lowest BCUT2D eigenvalue weighted by atomic mass is 9.79. The normalized spacial score (nSPS) is 25.5. The fraction of sp³-hybridized carbons (Fsp3) is 0.640. The monoisotopic (exact) mass is 412 g/mol. The van der Waals surface area contributed by atoms with Crippen LogP contribution >= 0.6 is 0 Å². The number of ether oxygens (including phenoxy) is 2. The Morgan fingerprint density at radius 1 is 1.17 bits per heavy atom. The maximum absolute atomic E-state index is 13.3. The molecule has 1 aliphatic carbocycles. The Balaban J connectivity index is 1.52. The average molecular weight is 413 g/mol. The van der Waals surface area contributed by atoms with E-state index >= 15 is 0 Å². The van der Waals surface area contributed by atoms with Gasteiger partial charge in [0, 0.05) is 19.1 Å². The van der Waals surface area contributed by atoms with E-state index in [2.05, 4.69) is 22.8 Å². The molecule has 2 fully saturated rings. The highest BCUT2D eigenvalue weighted by Gasteiger charge is 2.42. The number of methoxy groups -OCH3 is 1. The summed E-state index contributed by atoms with van der Waals surface area (Å²) in [5.41, 5.74) is 1.02. The third-order valence-electron chi connectivity index (χ3n) is 7.07. The molecule has 1 amide bonds. The van der Waals surface area contributed by atoms with E-state index in [0.29, 0.717) is 18.4 Å². The molecule has 0 aromatic heterocycles. The summed E-state index contributed by atoms with van der Waals surface area (Å²) in [6, 6.07) is 8.40. The maximum Gasteiger partial charge on any atom is 0.227 e. The van der Waals surface area contributed by atoms with Gasteiger partial charge < -0.3 is 19.3 Å². The molecule has 2 aliphatic heterocycles. The average Bonchev–Trinajstić information content (AvgIpc) is 2.80. The molecule has 0 N–H and O–H groups in total. The van der Waals surface area contributed by atoms with Gasteiger partial charge >= 0.3 is 0 Å². The summed E-state index contributed by atoms with van der Waals surface area (Å²) in [5.74, 6) is 2.71. The van der Waals surface area contributed by atoms with Crippen LogP contribution in [-0.2, 0) is 16.0 Å². The number of carbonyl (C=O) groups is 1. The van der Waals surface area contributed by atoms with E-state index in [9.17, 15) is 4.79 Å². The minimum absolute atomic E-state index is 0.186. The van der Waals surface area contributed by atoms with Crippen molar-refractivity contribution < 1.29 is 14.3 Å². The first-order valence-corrected chi connectivity index (χ1v) is 11.7. The Bertz CT molecular complexity index is 757. The Hall–Kier alpha value is -2.17. The predicted octanol–water partition coefficient (Wildman–Crippen LogP) is 4.37. The molecule has 5 heteroatoms. The van der Waals surface area contributed by atoms with Gasteiger partial charge in [-0.1, -0.05) is 31.4 Å². The molecule has 2 atom stereocenters. The van der Waals surface area contributed by atoms with Crippen molar-refractivity contribution >= 4 is 5.91 Å². The molecular weight excluding hydrogens is 376 g/mol. The first-order chi connectivity index (χ1) is 14.7. The molecule has 5 nitrogen and oxygen atoms in total. The summed E-state index contributed by atoms with van der Waals surface area (Å²) >= 11 is 0. The number of nitrogens with zero attached hydrogens (tertiary/aromatic N) is 2. The largest absolute Gasteiger partial charge is 0.497 e. The van der Waals surface area contributed by atoms with E-state index in [1.807, 2.05) is 24.3 Å². The molecule has 2 heterocycles. The molecule has 1 aromatic rings. The van der Waals surface area contributed by atoms with Crippen LogP contribution in [0.3, 0.4) is 0 Å². The van der Waals surface area contributed by atoms with Crippen LogP contribution in [0.1, 0.15) is 57.4 Å². The molecule has 3 aliphatic rings. The highest BCUT2D eigenvalue weighted by atomic mass is 16.5. The van der Waals surface area contributed by atoms with Gasteiger partial charge in [-0.2, -0.15) is 0 Å². The molecule has 0 spiro atoms. The molecule has 0 unspecified atom stereocenters. The Morgan fingerprint density at radius 2 is 2.00 bits per heavy atom. The second-order valence-corrected chi connectivity index (χ2v) is 8.97. The van der Waals surface area contributed by atoms with Crippen LogP contribution in [0.15, 0.2) is 36.2 Å². The summed E-state index contributed by atoms with van der Waals surface area (Å²) in [5, 5.41) is 0. The summed E-state index contributed by atoms with van der Waals surface area (Å²) in [6.45, 7) is 4.68. The highest BCUT2D eigenvalue weighted by Crippen LogP contribution is 2.36. The zero-order chi connectivity index (χ0) is 20.9. The van der Waals surface area contributed by atoms with Crippen molar-refractivity contribution in [3.63, 3.8) is 0 Å². The van der Waals surface area contributed by atoms with Gasteiger partial charge in [-0.3, -0.25) is 4.79 Å². The highest BCUT2D eigenvalue weighted by molar-refractivity contribution is 5.79. The van der Waals surface area contributed by atoms with E-state index < -0.39 is 0 Å². The summed E-state index contributed by atoms with van der Waals surface area (Å²) in [4.78, 5) is 17.9. The van der Waals surface area contributed by atoms with Gasteiger partial charge in [0.2, 0.25) is 5.91 Å². The topological polar surface area (TPSA) is 42.0 Å². The van der Waals surface area contributed by atoms with Crippen molar-refractivity contribution in [3.05, 3.63) is 41.8 Å². The number of amides is 1. The molecule has 1 saturated heterocycles. The van der Waals surface area contributed by atoms with Crippen molar-refractivity contribution in [2.75, 3.05) is 26.8 Å². The lowest BCUT2D eigenvalue weighted by molar-refractivity contribution is -0.139. The van der Waals surface area contributed by atoms with Crippen molar-refractivity contribution in [3.8, 4) is 5.75 Å². The number of allylic oxidation sites excluding steroid dienone is 1. The first-order valence-electron chi connectivity index (χ1n) is 11.7. The lowest BCUT2D eigenvalue weighted by Gasteiger charge is -2.51. The third kappa shape index (κ3) is 4.60. The Kier molecular flexibility index (Phi) is 6.86. The van der Waals surface area contributed by atoms with Gasteiger partial charge in [0.25, 0.3) is 0 Å². The van der Waals surface area contributed by atoms with Gasteiger partial charge in [0.1, 0.15) is 5.75 Å². The zero-order valence-electron chi connectivity index (χ0n) is 18.5. The number of hydrogen-bond acceptors (Lipinski definition) is 4.